The molecule has 0 spiro atoms. The lowest BCUT2D eigenvalue weighted by atomic mass is 9.97. The Labute approximate surface area is 241 Å². The summed E-state index contributed by atoms with van der Waals surface area (Å²) in [5.41, 5.74) is 2.94. The predicted octanol–water partition coefficient (Wildman–Crippen LogP) is 4.66. The summed E-state index contributed by atoms with van der Waals surface area (Å²) < 4.78 is 5.43. The molecule has 3 aromatic rings. The van der Waals surface area contributed by atoms with Crippen molar-refractivity contribution < 1.29 is 29.6 Å². The summed E-state index contributed by atoms with van der Waals surface area (Å²) in [4.78, 5) is 28.0. The Morgan fingerprint density at radius 3 is 2.32 bits per heavy atom. The molecule has 0 saturated carbocycles. The van der Waals surface area contributed by atoms with E-state index in [-0.39, 0.29) is 31.0 Å². The largest absolute Gasteiger partial charge is 0.508 e. The maximum Gasteiger partial charge on any atom is 0.407 e. The zero-order valence-electron chi connectivity index (χ0n) is 23.9. The van der Waals surface area contributed by atoms with Crippen LogP contribution in [0.25, 0.3) is 0 Å². The molecule has 0 unspecified atom stereocenters. The fourth-order valence-corrected chi connectivity index (χ4v) is 5.29. The Bertz CT molecular complexity index is 1310. The number of alkyl carbamates (subject to hydrolysis) is 1. The number of phenolic OH excluding ortho intramolecular Hbond substituents is 1. The molecule has 218 valence electrons. The number of aliphatic hydroxyl groups is 2. The summed E-state index contributed by atoms with van der Waals surface area (Å²) >= 11 is 0. The maximum absolute atomic E-state index is 13.8. The second-order valence-corrected chi connectivity index (χ2v) is 11.7. The van der Waals surface area contributed by atoms with E-state index in [9.17, 15) is 24.9 Å². The first kappa shape index (κ1) is 30.1. The van der Waals surface area contributed by atoms with E-state index >= 15 is 0 Å². The van der Waals surface area contributed by atoms with Gasteiger partial charge in [0.05, 0.1) is 24.3 Å². The zero-order chi connectivity index (χ0) is 29.6. The lowest BCUT2D eigenvalue weighted by Gasteiger charge is -2.33. The molecular formula is C33H40N2O6. The SMILES string of the molecule is CC(C)(C)OC(=O)N[C@@H](Cc1ccccc1)[C@@H](O)CCC(=O)N(Cc1ccc(O)cc1)[C@H]1c2ccccc2C[C@H]1O. The molecule has 1 aliphatic rings. The Kier molecular flexibility index (Phi) is 9.68. The number of nitrogens with one attached hydrogen (secondary N) is 1. The van der Waals surface area contributed by atoms with Gasteiger partial charge in [-0.3, -0.25) is 4.79 Å². The molecule has 8 heteroatoms. The molecule has 3 aromatic carbocycles. The third-order valence-electron chi connectivity index (χ3n) is 7.23. The van der Waals surface area contributed by atoms with Gasteiger partial charge in [0.15, 0.2) is 0 Å². The average Bonchev–Trinajstić information content (AvgIpc) is 3.25. The number of aliphatic hydroxyl groups excluding tert-OH is 2. The van der Waals surface area contributed by atoms with Gasteiger partial charge >= 0.3 is 6.09 Å². The van der Waals surface area contributed by atoms with E-state index in [1.807, 2.05) is 54.6 Å². The van der Waals surface area contributed by atoms with Gasteiger partial charge in [0.2, 0.25) is 5.91 Å². The Morgan fingerprint density at radius 2 is 1.63 bits per heavy atom. The summed E-state index contributed by atoms with van der Waals surface area (Å²) in [5, 5.41) is 34.8. The molecule has 0 aromatic heterocycles. The molecule has 0 heterocycles. The van der Waals surface area contributed by atoms with Gasteiger partial charge in [0, 0.05) is 19.4 Å². The van der Waals surface area contributed by atoms with E-state index in [0.29, 0.717) is 12.8 Å². The van der Waals surface area contributed by atoms with Crippen molar-refractivity contribution in [3.05, 3.63) is 101 Å². The summed E-state index contributed by atoms with van der Waals surface area (Å²) in [5.74, 6) is -0.100. The number of fused-ring (bicyclic) bond motifs is 1. The van der Waals surface area contributed by atoms with Crippen molar-refractivity contribution in [1.29, 1.82) is 0 Å². The summed E-state index contributed by atoms with van der Waals surface area (Å²) in [6.45, 7) is 5.54. The molecule has 0 saturated heterocycles. The molecule has 8 nitrogen and oxygen atoms in total. The van der Waals surface area contributed by atoms with E-state index in [1.54, 1.807) is 49.9 Å². The van der Waals surface area contributed by atoms with Gasteiger partial charge in [-0.05, 0) is 68.0 Å². The van der Waals surface area contributed by atoms with Gasteiger partial charge in [-0.25, -0.2) is 4.79 Å². The van der Waals surface area contributed by atoms with E-state index in [0.717, 1.165) is 22.3 Å². The minimum Gasteiger partial charge on any atom is -0.508 e. The fourth-order valence-electron chi connectivity index (χ4n) is 5.29. The van der Waals surface area contributed by atoms with Crippen LogP contribution < -0.4 is 5.32 Å². The summed E-state index contributed by atoms with van der Waals surface area (Å²) in [6, 6.07) is 22.6. The van der Waals surface area contributed by atoms with Gasteiger partial charge in [0.1, 0.15) is 11.4 Å². The molecule has 4 N–H and O–H groups in total. The topological polar surface area (TPSA) is 119 Å². The average molecular weight is 561 g/mol. The third-order valence-corrected chi connectivity index (χ3v) is 7.23. The highest BCUT2D eigenvalue weighted by atomic mass is 16.6. The van der Waals surface area contributed by atoms with Gasteiger partial charge in [-0.15, -0.1) is 0 Å². The Balaban J connectivity index is 1.51. The zero-order valence-corrected chi connectivity index (χ0v) is 23.9. The molecule has 1 aliphatic carbocycles. The number of nitrogens with zero attached hydrogens (tertiary/aromatic N) is 1. The molecule has 0 fully saturated rings. The quantitative estimate of drug-likeness (QED) is 0.287. The van der Waals surface area contributed by atoms with Gasteiger partial charge in [0.25, 0.3) is 0 Å². The molecule has 4 rings (SSSR count). The van der Waals surface area contributed by atoms with Crippen LogP contribution in [-0.2, 0) is 28.9 Å². The smallest absolute Gasteiger partial charge is 0.407 e. The van der Waals surface area contributed by atoms with Crippen molar-refractivity contribution in [3.8, 4) is 5.75 Å². The molecule has 0 bridgehead atoms. The highest BCUT2D eigenvalue weighted by Gasteiger charge is 2.38. The second-order valence-electron chi connectivity index (χ2n) is 11.7. The van der Waals surface area contributed by atoms with E-state index in [2.05, 4.69) is 5.32 Å². The van der Waals surface area contributed by atoms with Crippen LogP contribution in [-0.4, -0.2) is 56.1 Å². The number of aromatic hydroxyl groups is 1. The first-order chi connectivity index (χ1) is 19.5. The van der Waals surface area contributed by atoms with Crippen LogP contribution in [0.3, 0.4) is 0 Å². The first-order valence-electron chi connectivity index (χ1n) is 14.0. The number of benzene rings is 3. The Morgan fingerprint density at radius 1 is 0.976 bits per heavy atom. The lowest BCUT2D eigenvalue weighted by Crippen LogP contribution is -2.47. The Hall–Kier alpha value is -3.88. The van der Waals surface area contributed by atoms with Gasteiger partial charge < -0.3 is 30.3 Å². The van der Waals surface area contributed by atoms with Crippen LogP contribution in [0.4, 0.5) is 4.79 Å². The van der Waals surface area contributed by atoms with E-state index in [4.69, 9.17) is 4.74 Å². The molecule has 2 amide bonds. The number of phenols is 1. The number of carbonyl (C=O) groups excluding carboxylic acids is 2. The predicted molar refractivity (Wildman–Crippen MR) is 156 cm³/mol. The second kappa shape index (κ2) is 13.2. The monoisotopic (exact) mass is 560 g/mol. The standard InChI is InChI=1S/C33H40N2O6/c1-33(2,3)41-32(40)34-27(19-22-9-5-4-6-10-22)28(37)17-18-30(39)35(21-23-13-15-25(36)16-14-23)31-26-12-8-7-11-24(26)20-29(31)38/h4-16,27-29,31,36-38H,17-21H2,1-3H3,(H,34,40)/t27-,28-,29+,31-/m0/s1. The van der Waals surface area contributed by atoms with Crippen molar-refractivity contribution >= 4 is 12.0 Å². The molecule has 41 heavy (non-hydrogen) atoms. The maximum atomic E-state index is 13.8. The number of amides is 2. The minimum atomic E-state index is -1.03. The number of carbonyl (C=O) groups is 2. The highest BCUT2D eigenvalue weighted by Crippen LogP contribution is 2.37. The third kappa shape index (κ3) is 8.31. The number of rotatable bonds is 10. The molecule has 0 radical (unpaired) electrons. The van der Waals surface area contributed by atoms with Gasteiger partial charge in [-0.2, -0.15) is 0 Å². The molecule has 4 atom stereocenters. The van der Waals surface area contributed by atoms with Crippen molar-refractivity contribution in [1.82, 2.24) is 10.2 Å². The van der Waals surface area contributed by atoms with Crippen LogP contribution in [0.1, 0.15) is 61.9 Å². The van der Waals surface area contributed by atoms with Crippen molar-refractivity contribution in [2.24, 2.45) is 0 Å². The molecule has 0 aliphatic heterocycles. The summed E-state index contributed by atoms with van der Waals surface area (Å²) in [6.07, 6.45) is -1.51. The van der Waals surface area contributed by atoms with Crippen molar-refractivity contribution in [3.63, 3.8) is 0 Å². The number of hydrogen-bond acceptors (Lipinski definition) is 6. The van der Waals surface area contributed by atoms with Gasteiger partial charge in [-0.1, -0.05) is 66.7 Å². The first-order valence-corrected chi connectivity index (χ1v) is 14.0. The van der Waals surface area contributed by atoms with Crippen LogP contribution in [0, 0.1) is 0 Å². The fraction of sp³-hybridized carbons (Fsp3) is 0.394. The van der Waals surface area contributed by atoms with E-state index < -0.39 is 36.0 Å². The van der Waals surface area contributed by atoms with Crippen LogP contribution >= 0.6 is 0 Å². The van der Waals surface area contributed by atoms with Crippen molar-refractivity contribution in [2.75, 3.05) is 0 Å². The normalized spacial score (nSPS) is 17.8. The van der Waals surface area contributed by atoms with Crippen LogP contribution in [0.2, 0.25) is 0 Å². The number of hydrogen-bond donors (Lipinski definition) is 4. The highest BCUT2D eigenvalue weighted by molar-refractivity contribution is 5.77. The summed E-state index contributed by atoms with van der Waals surface area (Å²) in [7, 11) is 0. The lowest BCUT2D eigenvalue weighted by molar-refractivity contribution is -0.137. The van der Waals surface area contributed by atoms with Crippen molar-refractivity contribution in [2.45, 2.75) is 82.9 Å². The number of ether oxygens (including phenoxy) is 1. The minimum absolute atomic E-state index is 0.00588. The molecular weight excluding hydrogens is 520 g/mol. The van der Waals surface area contributed by atoms with Crippen LogP contribution in [0.5, 0.6) is 5.75 Å². The van der Waals surface area contributed by atoms with E-state index in [1.165, 1.54) is 0 Å². The van der Waals surface area contributed by atoms with Crippen LogP contribution in [0.15, 0.2) is 78.9 Å².